The average Bonchev–Trinajstić information content (AvgIpc) is 2.62. The molecular weight excluding hydrogens is 376 g/mol. The van der Waals surface area contributed by atoms with Crippen molar-refractivity contribution in [3.05, 3.63) is 53.1 Å². The number of anilines is 1. The first-order valence-corrected chi connectivity index (χ1v) is 9.98. The Morgan fingerprint density at radius 2 is 1.92 bits per heavy atom. The summed E-state index contributed by atoms with van der Waals surface area (Å²) in [5, 5.41) is 2.96. The van der Waals surface area contributed by atoms with Crippen LogP contribution in [0.4, 0.5) is 5.69 Å². The van der Waals surface area contributed by atoms with E-state index in [0.717, 1.165) is 12.8 Å². The van der Waals surface area contributed by atoms with Crippen LogP contribution in [0.2, 0.25) is 5.02 Å². The predicted molar refractivity (Wildman–Crippen MR) is 102 cm³/mol. The zero-order chi connectivity index (χ0) is 19.2. The SMILES string of the molecule is CCCCNC(=O)c1ccccc1NS(=O)(=O)c1ccc(OC)c(Cl)c1. The Morgan fingerprint density at radius 3 is 2.58 bits per heavy atom. The predicted octanol–water partition coefficient (Wildman–Crippen LogP) is 3.68. The first-order chi connectivity index (χ1) is 12.4. The van der Waals surface area contributed by atoms with E-state index in [0.29, 0.717) is 12.3 Å². The second-order valence-corrected chi connectivity index (χ2v) is 7.65. The Morgan fingerprint density at radius 1 is 1.19 bits per heavy atom. The smallest absolute Gasteiger partial charge is 0.261 e. The molecule has 2 rings (SSSR count). The van der Waals surface area contributed by atoms with Crippen LogP contribution in [0.15, 0.2) is 47.4 Å². The lowest BCUT2D eigenvalue weighted by atomic mass is 10.1. The molecule has 0 aliphatic heterocycles. The van der Waals surface area contributed by atoms with Gasteiger partial charge in [-0.1, -0.05) is 37.1 Å². The maximum Gasteiger partial charge on any atom is 0.261 e. The highest BCUT2D eigenvalue weighted by atomic mass is 35.5. The van der Waals surface area contributed by atoms with E-state index in [1.807, 2.05) is 6.92 Å². The fraction of sp³-hybridized carbons (Fsp3) is 0.278. The van der Waals surface area contributed by atoms with Crippen molar-refractivity contribution in [1.29, 1.82) is 0 Å². The number of carbonyl (C=O) groups excluding carboxylic acids is 1. The summed E-state index contributed by atoms with van der Waals surface area (Å²) in [4.78, 5) is 12.3. The van der Waals surface area contributed by atoms with E-state index in [4.69, 9.17) is 16.3 Å². The molecule has 0 aliphatic rings. The lowest BCUT2D eigenvalue weighted by Gasteiger charge is -2.13. The van der Waals surface area contributed by atoms with Crippen LogP contribution >= 0.6 is 11.6 Å². The van der Waals surface area contributed by atoms with Gasteiger partial charge in [0, 0.05) is 6.54 Å². The van der Waals surface area contributed by atoms with Gasteiger partial charge in [0.2, 0.25) is 0 Å². The maximum atomic E-state index is 12.6. The maximum absolute atomic E-state index is 12.6. The fourth-order valence-corrected chi connectivity index (χ4v) is 3.69. The molecule has 0 aliphatic carbocycles. The Kier molecular flexibility index (Phi) is 6.88. The van der Waals surface area contributed by atoms with Gasteiger partial charge < -0.3 is 10.1 Å². The van der Waals surface area contributed by atoms with Gasteiger partial charge >= 0.3 is 0 Å². The van der Waals surface area contributed by atoms with Gasteiger partial charge in [-0.2, -0.15) is 0 Å². The Labute approximate surface area is 158 Å². The molecule has 0 spiro atoms. The number of ether oxygens (including phenoxy) is 1. The summed E-state index contributed by atoms with van der Waals surface area (Å²) in [6, 6.07) is 10.6. The molecule has 2 aromatic carbocycles. The topological polar surface area (TPSA) is 84.5 Å². The second kappa shape index (κ2) is 8.91. The highest BCUT2D eigenvalue weighted by Gasteiger charge is 2.19. The summed E-state index contributed by atoms with van der Waals surface area (Å²) >= 11 is 6.01. The summed E-state index contributed by atoms with van der Waals surface area (Å²) in [6.07, 6.45) is 1.80. The molecular formula is C18H21ClN2O4S. The second-order valence-electron chi connectivity index (χ2n) is 5.56. The van der Waals surface area contributed by atoms with E-state index in [2.05, 4.69) is 10.0 Å². The molecule has 0 atom stereocenters. The van der Waals surface area contributed by atoms with Crippen LogP contribution in [0.25, 0.3) is 0 Å². The largest absolute Gasteiger partial charge is 0.495 e. The van der Waals surface area contributed by atoms with Crippen molar-refractivity contribution in [2.75, 3.05) is 18.4 Å². The van der Waals surface area contributed by atoms with Gasteiger partial charge in [-0.3, -0.25) is 9.52 Å². The molecule has 0 aromatic heterocycles. The molecule has 0 bridgehead atoms. The number of amides is 1. The van der Waals surface area contributed by atoms with Gasteiger partial charge in [0.05, 0.1) is 28.3 Å². The third-order valence-electron chi connectivity index (χ3n) is 3.67. The molecule has 2 N–H and O–H groups in total. The number of halogens is 1. The summed E-state index contributed by atoms with van der Waals surface area (Å²) in [5.41, 5.74) is 0.459. The number of nitrogens with one attached hydrogen (secondary N) is 2. The number of para-hydroxylation sites is 1. The molecule has 26 heavy (non-hydrogen) atoms. The van der Waals surface area contributed by atoms with Crippen molar-refractivity contribution in [3.63, 3.8) is 0 Å². The molecule has 1 amide bonds. The minimum absolute atomic E-state index is 0.0236. The fourth-order valence-electron chi connectivity index (χ4n) is 2.26. The zero-order valence-electron chi connectivity index (χ0n) is 14.6. The normalized spacial score (nSPS) is 11.0. The number of hydrogen-bond donors (Lipinski definition) is 2. The molecule has 6 nitrogen and oxygen atoms in total. The van der Waals surface area contributed by atoms with Crippen LogP contribution in [-0.4, -0.2) is 28.0 Å². The van der Waals surface area contributed by atoms with Crippen LogP contribution in [0.5, 0.6) is 5.75 Å². The molecule has 0 heterocycles. The number of hydrogen-bond acceptors (Lipinski definition) is 4. The lowest BCUT2D eigenvalue weighted by Crippen LogP contribution is -2.26. The number of methoxy groups -OCH3 is 1. The minimum Gasteiger partial charge on any atom is -0.495 e. The van der Waals surface area contributed by atoms with Crippen molar-refractivity contribution in [2.45, 2.75) is 24.7 Å². The summed E-state index contributed by atoms with van der Waals surface area (Å²) in [5.74, 6) is 0.0471. The number of unbranched alkanes of at least 4 members (excludes halogenated alkanes) is 1. The minimum atomic E-state index is -3.91. The van der Waals surface area contributed by atoms with Crippen molar-refractivity contribution in [3.8, 4) is 5.75 Å². The van der Waals surface area contributed by atoms with E-state index in [9.17, 15) is 13.2 Å². The van der Waals surface area contributed by atoms with Gasteiger partial charge in [-0.15, -0.1) is 0 Å². The number of carbonyl (C=O) groups is 1. The lowest BCUT2D eigenvalue weighted by molar-refractivity contribution is 0.0954. The molecule has 2 aromatic rings. The molecule has 8 heteroatoms. The van der Waals surface area contributed by atoms with Gasteiger partial charge in [-0.05, 0) is 36.8 Å². The van der Waals surface area contributed by atoms with E-state index in [1.165, 1.54) is 31.4 Å². The Hall–Kier alpha value is -2.25. The first kappa shape index (κ1) is 20.1. The van der Waals surface area contributed by atoms with Gasteiger partial charge in [0.25, 0.3) is 15.9 Å². The van der Waals surface area contributed by atoms with Gasteiger partial charge in [-0.25, -0.2) is 8.42 Å². The molecule has 140 valence electrons. The number of benzene rings is 2. The van der Waals surface area contributed by atoms with Crippen LogP contribution in [-0.2, 0) is 10.0 Å². The number of sulfonamides is 1. The summed E-state index contributed by atoms with van der Waals surface area (Å²) in [7, 11) is -2.47. The number of rotatable bonds is 8. The first-order valence-electron chi connectivity index (χ1n) is 8.12. The van der Waals surface area contributed by atoms with Crippen molar-refractivity contribution in [2.24, 2.45) is 0 Å². The highest BCUT2D eigenvalue weighted by Crippen LogP contribution is 2.28. The van der Waals surface area contributed by atoms with Crippen LogP contribution in [0, 0.1) is 0 Å². The third-order valence-corrected chi connectivity index (χ3v) is 5.32. The molecule has 0 saturated carbocycles. The van der Waals surface area contributed by atoms with E-state index in [1.54, 1.807) is 18.2 Å². The van der Waals surface area contributed by atoms with Gasteiger partial charge in [0.1, 0.15) is 5.75 Å². The van der Waals surface area contributed by atoms with E-state index in [-0.39, 0.29) is 27.1 Å². The standard InChI is InChI=1S/C18H21ClN2O4S/c1-3-4-11-20-18(22)14-7-5-6-8-16(14)21-26(23,24)13-9-10-17(25-2)15(19)12-13/h5-10,12,21H,3-4,11H2,1-2H3,(H,20,22). The quantitative estimate of drug-likeness (QED) is 0.666. The average molecular weight is 397 g/mol. The highest BCUT2D eigenvalue weighted by molar-refractivity contribution is 7.92. The summed E-state index contributed by atoms with van der Waals surface area (Å²) < 4.78 is 32.8. The monoisotopic (exact) mass is 396 g/mol. The summed E-state index contributed by atoms with van der Waals surface area (Å²) in [6.45, 7) is 2.55. The van der Waals surface area contributed by atoms with Crippen LogP contribution in [0.3, 0.4) is 0 Å². The third kappa shape index (κ3) is 4.89. The van der Waals surface area contributed by atoms with Crippen molar-refractivity contribution in [1.82, 2.24) is 5.32 Å². The van der Waals surface area contributed by atoms with Crippen LogP contribution < -0.4 is 14.8 Å². The Bertz CT molecular complexity index is 885. The molecule has 0 radical (unpaired) electrons. The zero-order valence-corrected chi connectivity index (χ0v) is 16.2. The van der Waals surface area contributed by atoms with Crippen LogP contribution in [0.1, 0.15) is 30.1 Å². The van der Waals surface area contributed by atoms with E-state index < -0.39 is 10.0 Å². The molecule has 0 saturated heterocycles. The van der Waals surface area contributed by atoms with Gasteiger partial charge in [0.15, 0.2) is 0 Å². The molecule has 0 unspecified atom stereocenters. The van der Waals surface area contributed by atoms with Crippen molar-refractivity contribution < 1.29 is 17.9 Å². The Balaban J connectivity index is 2.27. The molecule has 0 fully saturated rings. The van der Waals surface area contributed by atoms with E-state index >= 15 is 0 Å². The van der Waals surface area contributed by atoms with Crippen molar-refractivity contribution >= 4 is 33.2 Å².